The third-order valence-corrected chi connectivity index (χ3v) is 12.2. The first-order valence-corrected chi connectivity index (χ1v) is 19.4. The minimum Gasteiger partial charge on any atom is -0.490 e. The van der Waals surface area contributed by atoms with Gasteiger partial charge >= 0.3 is 0 Å². The molecular weight excluding hydrogens is 613 g/mol. The highest BCUT2D eigenvalue weighted by Crippen LogP contribution is 2.54. The summed E-state index contributed by atoms with van der Waals surface area (Å²) >= 11 is 0. The number of ether oxygens (including phenoxy) is 2. The number of rotatable bonds is 13. The van der Waals surface area contributed by atoms with E-state index in [4.69, 9.17) is 9.47 Å². The summed E-state index contributed by atoms with van der Waals surface area (Å²) in [4.78, 5) is 0.566. The van der Waals surface area contributed by atoms with E-state index in [1.807, 2.05) is 24.3 Å². The van der Waals surface area contributed by atoms with E-state index in [0.717, 1.165) is 50.0 Å². The fourth-order valence-electron chi connectivity index (χ4n) is 8.16. The molecule has 0 saturated heterocycles. The largest absolute Gasteiger partial charge is 0.490 e. The second-order valence-corrected chi connectivity index (χ2v) is 16.7. The number of hydrogen-bond donors (Lipinski definition) is 0. The van der Waals surface area contributed by atoms with E-state index in [-0.39, 0.29) is 21.8 Å². The van der Waals surface area contributed by atoms with Crippen LogP contribution in [0.1, 0.15) is 116 Å². The van der Waals surface area contributed by atoms with Gasteiger partial charge in [0.1, 0.15) is 17.2 Å². The van der Waals surface area contributed by atoms with Crippen molar-refractivity contribution in [3.8, 4) is 17.2 Å². The molecule has 1 aliphatic rings. The summed E-state index contributed by atoms with van der Waals surface area (Å²) in [6, 6.07) is 31.4. The molecule has 0 amide bonds. The number of sulfone groups is 1. The Morgan fingerprint density at radius 2 is 1.10 bits per heavy atom. The van der Waals surface area contributed by atoms with Gasteiger partial charge in [-0.3, -0.25) is 0 Å². The van der Waals surface area contributed by atoms with Gasteiger partial charge in [-0.2, -0.15) is 0 Å². The van der Waals surface area contributed by atoms with Crippen molar-refractivity contribution in [1.29, 1.82) is 0 Å². The van der Waals surface area contributed by atoms with Gasteiger partial charge in [-0.1, -0.05) is 84.9 Å². The highest BCUT2D eigenvalue weighted by atomic mass is 32.2. The summed E-state index contributed by atoms with van der Waals surface area (Å²) < 4.78 is 39.2. The van der Waals surface area contributed by atoms with Gasteiger partial charge in [-0.25, -0.2) is 8.42 Å². The Morgan fingerprint density at radius 3 is 1.56 bits per heavy atom. The Morgan fingerprint density at radius 1 is 0.646 bits per heavy atom. The standard InChI is InChI=1S/C43H54O4S/c1-8-32(9-2)33-12-24-40(25-13-33)48(44,45)41-26-22-39(23-27-41)47-38-20-16-35(17-21-38)43(29-31(5)28-42(6,7)30-43)34-14-18-37(19-15-34)46-36(10-3)11-4/h12-27,31-32,36H,8-11,28-30H2,1-7H3. The maximum absolute atomic E-state index is 13.4. The monoisotopic (exact) mass is 666 g/mol. The van der Waals surface area contributed by atoms with Crippen molar-refractivity contribution in [2.75, 3.05) is 0 Å². The van der Waals surface area contributed by atoms with E-state index in [1.54, 1.807) is 36.4 Å². The van der Waals surface area contributed by atoms with Crippen LogP contribution in [0.3, 0.4) is 0 Å². The second kappa shape index (κ2) is 14.9. The van der Waals surface area contributed by atoms with E-state index in [9.17, 15) is 8.42 Å². The number of benzene rings is 4. The van der Waals surface area contributed by atoms with Crippen LogP contribution in [0.15, 0.2) is 107 Å². The lowest BCUT2D eigenvalue weighted by atomic mass is 9.55. The van der Waals surface area contributed by atoms with Crippen LogP contribution in [-0.4, -0.2) is 14.5 Å². The van der Waals surface area contributed by atoms with Gasteiger partial charge in [-0.15, -0.1) is 0 Å². The third-order valence-electron chi connectivity index (χ3n) is 10.4. The third kappa shape index (κ3) is 7.83. The van der Waals surface area contributed by atoms with Crippen molar-refractivity contribution < 1.29 is 17.9 Å². The van der Waals surface area contributed by atoms with Crippen LogP contribution < -0.4 is 9.47 Å². The van der Waals surface area contributed by atoms with Crippen molar-refractivity contribution in [2.24, 2.45) is 11.3 Å². The first-order valence-electron chi connectivity index (χ1n) is 17.9. The van der Waals surface area contributed by atoms with Crippen molar-refractivity contribution in [2.45, 2.75) is 121 Å². The topological polar surface area (TPSA) is 52.6 Å². The zero-order valence-corrected chi connectivity index (χ0v) is 30.8. The fourth-order valence-corrected chi connectivity index (χ4v) is 9.42. The van der Waals surface area contributed by atoms with Crippen LogP contribution in [0, 0.1) is 11.3 Å². The average Bonchev–Trinajstić information content (AvgIpc) is 3.08. The molecule has 2 atom stereocenters. The van der Waals surface area contributed by atoms with Gasteiger partial charge in [0.05, 0.1) is 15.9 Å². The maximum Gasteiger partial charge on any atom is 0.206 e. The average molecular weight is 667 g/mol. The van der Waals surface area contributed by atoms with Crippen LogP contribution >= 0.6 is 0 Å². The molecule has 256 valence electrons. The quantitative estimate of drug-likeness (QED) is 0.142. The Balaban J connectivity index is 1.35. The molecule has 0 radical (unpaired) electrons. The molecule has 2 unspecified atom stereocenters. The van der Waals surface area contributed by atoms with Gasteiger partial charge in [0.15, 0.2) is 0 Å². The minimum atomic E-state index is -3.63. The highest BCUT2D eigenvalue weighted by Gasteiger charge is 2.45. The van der Waals surface area contributed by atoms with Crippen LogP contribution in [0.4, 0.5) is 0 Å². The number of hydrogen-bond acceptors (Lipinski definition) is 4. The van der Waals surface area contributed by atoms with Crippen LogP contribution in [0.25, 0.3) is 0 Å². The highest BCUT2D eigenvalue weighted by molar-refractivity contribution is 7.91. The molecule has 0 bridgehead atoms. The molecule has 1 fully saturated rings. The van der Waals surface area contributed by atoms with Gasteiger partial charge < -0.3 is 9.47 Å². The molecule has 0 heterocycles. The SMILES string of the molecule is CCC(CC)Oc1ccc(C2(c3ccc(Oc4ccc(S(=O)(=O)c5ccc(C(CC)CC)cc5)cc4)cc3)CC(C)CC(C)(C)C2)cc1. The Hall–Kier alpha value is -3.57. The molecule has 48 heavy (non-hydrogen) atoms. The molecule has 4 nitrogen and oxygen atoms in total. The lowest BCUT2D eigenvalue weighted by molar-refractivity contribution is 0.126. The van der Waals surface area contributed by atoms with E-state index in [0.29, 0.717) is 22.5 Å². The summed E-state index contributed by atoms with van der Waals surface area (Å²) in [5.74, 6) is 3.28. The van der Waals surface area contributed by atoms with Gasteiger partial charge in [-0.05, 0) is 140 Å². The van der Waals surface area contributed by atoms with E-state index < -0.39 is 9.84 Å². The molecule has 5 rings (SSSR count). The summed E-state index contributed by atoms with van der Waals surface area (Å²) in [6.45, 7) is 15.8. The molecule has 4 aromatic rings. The van der Waals surface area contributed by atoms with E-state index in [1.165, 1.54) is 23.1 Å². The lowest BCUT2D eigenvalue weighted by Crippen LogP contribution is -2.41. The zero-order chi connectivity index (χ0) is 34.5. The molecular formula is C43H54O4S. The van der Waals surface area contributed by atoms with Crippen molar-refractivity contribution in [3.05, 3.63) is 114 Å². The summed E-state index contributed by atoms with van der Waals surface area (Å²) in [5, 5.41) is 0. The minimum absolute atomic E-state index is 0.116. The van der Waals surface area contributed by atoms with Gasteiger partial charge in [0.2, 0.25) is 9.84 Å². The van der Waals surface area contributed by atoms with E-state index >= 15 is 0 Å². The van der Waals surface area contributed by atoms with Crippen LogP contribution in [0.5, 0.6) is 17.2 Å². The van der Waals surface area contributed by atoms with Gasteiger partial charge in [0, 0.05) is 5.41 Å². The molecule has 1 saturated carbocycles. The molecule has 0 aliphatic heterocycles. The lowest BCUT2D eigenvalue weighted by Gasteiger charge is -2.48. The van der Waals surface area contributed by atoms with Crippen molar-refractivity contribution >= 4 is 9.84 Å². The van der Waals surface area contributed by atoms with Crippen molar-refractivity contribution in [1.82, 2.24) is 0 Å². The van der Waals surface area contributed by atoms with Crippen LogP contribution in [-0.2, 0) is 15.3 Å². The maximum atomic E-state index is 13.4. The van der Waals surface area contributed by atoms with Crippen molar-refractivity contribution in [3.63, 3.8) is 0 Å². The first-order chi connectivity index (χ1) is 22.9. The molecule has 5 heteroatoms. The zero-order valence-electron chi connectivity index (χ0n) is 30.0. The molecule has 0 spiro atoms. The predicted octanol–water partition coefficient (Wildman–Crippen LogP) is 11.9. The Bertz CT molecular complexity index is 1710. The summed E-state index contributed by atoms with van der Waals surface area (Å²) in [7, 11) is -3.63. The first kappa shape index (κ1) is 35.7. The smallest absolute Gasteiger partial charge is 0.206 e. The predicted molar refractivity (Wildman–Crippen MR) is 197 cm³/mol. The second-order valence-electron chi connectivity index (χ2n) is 14.7. The molecule has 1 aliphatic carbocycles. The molecule has 0 aromatic heterocycles. The molecule has 4 aromatic carbocycles. The van der Waals surface area contributed by atoms with Crippen LogP contribution in [0.2, 0.25) is 0 Å². The Labute approximate surface area is 289 Å². The summed E-state index contributed by atoms with van der Waals surface area (Å²) in [6.07, 6.45) is 7.66. The summed E-state index contributed by atoms with van der Waals surface area (Å²) in [5.41, 5.74) is 3.89. The Kier molecular flexibility index (Phi) is 11.1. The van der Waals surface area contributed by atoms with E-state index in [2.05, 4.69) is 84.9 Å². The fraction of sp³-hybridized carbons (Fsp3) is 0.442. The molecule has 0 N–H and O–H groups in total. The normalized spacial score (nSPS) is 19.4. The van der Waals surface area contributed by atoms with Gasteiger partial charge in [0.25, 0.3) is 0 Å².